The first-order chi connectivity index (χ1) is 17.5. The van der Waals surface area contributed by atoms with E-state index in [0.29, 0.717) is 36.0 Å². The third-order valence-corrected chi connectivity index (χ3v) is 7.57. The Morgan fingerprint density at radius 2 is 1.61 bits per heavy atom. The van der Waals surface area contributed by atoms with Crippen LogP contribution < -0.4 is 9.47 Å². The van der Waals surface area contributed by atoms with E-state index in [-0.39, 0.29) is 17.5 Å². The van der Waals surface area contributed by atoms with Crippen LogP contribution in [0.1, 0.15) is 68.9 Å². The zero-order valence-electron chi connectivity index (χ0n) is 20.9. The number of carbonyl (C=O) groups excluding carboxylic acids is 2. The average Bonchev–Trinajstić information content (AvgIpc) is 2.88. The molecule has 0 atom stereocenters. The molecule has 188 valence electrons. The highest BCUT2D eigenvalue weighted by Crippen LogP contribution is 2.50. The van der Waals surface area contributed by atoms with Crippen LogP contribution in [-0.2, 0) is 16.2 Å². The van der Waals surface area contributed by atoms with Crippen LogP contribution in [0.3, 0.4) is 0 Å². The lowest BCUT2D eigenvalue weighted by Gasteiger charge is -2.44. The van der Waals surface area contributed by atoms with Gasteiger partial charge in [0.1, 0.15) is 6.61 Å². The van der Waals surface area contributed by atoms with Crippen molar-refractivity contribution in [2.45, 2.75) is 64.4 Å². The average molecular weight is 506 g/mol. The molecular weight excluding hydrogens is 474 g/mol. The highest BCUT2D eigenvalue weighted by atomic mass is 35.5. The minimum absolute atomic E-state index is 0.160. The van der Waals surface area contributed by atoms with Gasteiger partial charge in [0, 0.05) is 52.9 Å². The molecule has 3 aliphatic rings. The first kappa shape index (κ1) is 24.6. The maximum atomic E-state index is 13.4. The van der Waals surface area contributed by atoms with Gasteiger partial charge in [-0.15, -0.1) is 0 Å². The van der Waals surface area contributed by atoms with Crippen molar-refractivity contribution < 1.29 is 19.1 Å². The first-order valence-corrected chi connectivity index (χ1v) is 13.2. The molecule has 6 heteroatoms. The molecule has 0 saturated carbocycles. The Bertz CT molecular complexity index is 1220. The van der Waals surface area contributed by atoms with Crippen molar-refractivity contribution in [2.24, 2.45) is 0 Å². The van der Waals surface area contributed by atoms with E-state index in [0.717, 1.165) is 72.3 Å². The summed E-state index contributed by atoms with van der Waals surface area (Å²) in [6.07, 6.45) is 5.50. The molecule has 1 aliphatic heterocycles. The predicted molar refractivity (Wildman–Crippen MR) is 140 cm³/mol. The van der Waals surface area contributed by atoms with Gasteiger partial charge in [0.2, 0.25) is 0 Å². The smallest absolute Gasteiger partial charge is 0.161 e. The second kappa shape index (κ2) is 10.5. The van der Waals surface area contributed by atoms with Crippen molar-refractivity contribution in [2.75, 3.05) is 13.7 Å². The number of methoxy groups -OCH3 is 1. The van der Waals surface area contributed by atoms with E-state index in [4.69, 9.17) is 21.1 Å². The monoisotopic (exact) mass is 505 g/mol. The van der Waals surface area contributed by atoms with Gasteiger partial charge in [0.15, 0.2) is 23.1 Å². The van der Waals surface area contributed by atoms with Crippen molar-refractivity contribution in [3.63, 3.8) is 0 Å². The molecule has 2 aromatic carbocycles. The number of rotatable bonds is 7. The summed E-state index contributed by atoms with van der Waals surface area (Å²) in [5, 5.41) is 0.662. The Labute approximate surface area is 217 Å². The minimum Gasteiger partial charge on any atom is -0.493 e. The van der Waals surface area contributed by atoms with Crippen LogP contribution in [0.4, 0.5) is 0 Å². The van der Waals surface area contributed by atoms with E-state index in [1.807, 2.05) is 42.5 Å². The minimum atomic E-state index is -0.348. The molecule has 5 rings (SSSR count). The highest BCUT2D eigenvalue weighted by Gasteiger charge is 2.43. The van der Waals surface area contributed by atoms with Gasteiger partial charge in [-0.3, -0.25) is 9.59 Å². The van der Waals surface area contributed by atoms with Gasteiger partial charge in [0.25, 0.3) is 0 Å². The molecule has 0 bridgehead atoms. The molecule has 0 fully saturated rings. The quantitative estimate of drug-likeness (QED) is 0.416. The summed E-state index contributed by atoms with van der Waals surface area (Å²) in [5.41, 5.74) is 5.71. The zero-order chi connectivity index (χ0) is 25.2. The van der Waals surface area contributed by atoms with Crippen LogP contribution >= 0.6 is 11.6 Å². The van der Waals surface area contributed by atoms with Crippen molar-refractivity contribution in [3.8, 4) is 11.5 Å². The molecular formula is C30H32ClNO4. The van der Waals surface area contributed by atoms with Gasteiger partial charge in [-0.2, -0.15) is 0 Å². The van der Waals surface area contributed by atoms with Crippen LogP contribution in [0.25, 0.3) is 0 Å². The van der Waals surface area contributed by atoms with E-state index in [9.17, 15) is 9.59 Å². The van der Waals surface area contributed by atoms with E-state index < -0.39 is 0 Å². The van der Waals surface area contributed by atoms with E-state index >= 15 is 0 Å². The number of halogens is 1. The largest absolute Gasteiger partial charge is 0.493 e. The second-order valence-electron chi connectivity index (χ2n) is 9.69. The molecule has 0 radical (unpaired) electrons. The first-order valence-electron chi connectivity index (χ1n) is 12.9. The number of nitrogens with zero attached hydrogens (tertiary/aromatic N) is 1. The number of Topliss-reactive ketones (excluding diaryl/α,β-unsaturated/α-hetero) is 2. The normalized spacial score (nSPS) is 18.4. The van der Waals surface area contributed by atoms with E-state index in [2.05, 4.69) is 11.8 Å². The number of ether oxygens (including phenoxy) is 2. The van der Waals surface area contributed by atoms with Gasteiger partial charge >= 0.3 is 0 Å². The summed E-state index contributed by atoms with van der Waals surface area (Å²) >= 11 is 6.11. The highest BCUT2D eigenvalue weighted by molar-refractivity contribution is 6.30. The van der Waals surface area contributed by atoms with Gasteiger partial charge in [-0.1, -0.05) is 36.7 Å². The molecule has 0 unspecified atom stereocenters. The number of hydrogen-bond acceptors (Lipinski definition) is 5. The molecule has 2 aliphatic carbocycles. The lowest BCUT2D eigenvalue weighted by atomic mass is 9.71. The van der Waals surface area contributed by atoms with Crippen LogP contribution in [0, 0.1) is 0 Å². The summed E-state index contributed by atoms with van der Waals surface area (Å²) in [5.74, 6) is 1.17. The Hall–Kier alpha value is -3.05. The molecule has 5 nitrogen and oxygen atoms in total. The van der Waals surface area contributed by atoms with Crippen molar-refractivity contribution in [3.05, 3.63) is 81.2 Å². The van der Waals surface area contributed by atoms with Gasteiger partial charge in [0.05, 0.1) is 7.11 Å². The molecule has 0 amide bonds. The number of ketones is 2. The number of hydrogen-bond donors (Lipinski definition) is 0. The summed E-state index contributed by atoms with van der Waals surface area (Å²) in [6.45, 7) is 3.34. The van der Waals surface area contributed by atoms with Gasteiger partial charge in [-0.05, 0) is 67.5 Å². The third kappa shape index (κ3) is 4.57. The van der Waals surface area contributed by atoms with Crippen molar-refractivity contribution in [1.82, 2.24) is 4.90 Å². The fourth-order valence-electron chi connectivity index (χ4n) is 5.81. The van der Waals surface area contributed by atoms with Gasteiger partial charge in [-0.25, -0.2) is 0 Å². The third-order valence-electron chi connectivity index (χ3n) is 7.34. The van der Waals surface area contributed by atoms with Crippen molar-refractivity contribution >= 4 is 23.2 Å². The zero-order valence-corrected chi connectivity index (χ0v) is 21.7. The standard InChI is InChI=1S/C30H32ClNO4/c1-3-15-32-22-9-5-11-24(33)29(22)28(30-23(32)10-6-12-25(30)34)20-13-14-26(27(17-20)35-2)36-18-19-7-4-8-21(31)16-19/h4,7-8,13-14,16-17,28H,3,5-6,9-12,15,18H2,1-2H3. The second-order valence-corrected chi connectivity index (χ2v) is 10.1. The van der Waals surface area contributed by atoms with Crippen LogP contribution in [-0.4, -0.2) is 30.1 Å². The number of benzene rings is 2. The fraction of sp³-hybridized carbons (Fsp3) is 0.400. The maximum Gasteiger partial charge on any atom is 0.161 e. The Morgan fingerprint density at radius 3 is 2.22 bits per heavy atom. The summed E-state index contributed by atoms with van der Waals surface area (Å²) < 4.78 is 11.8. The Kier molecular flexibility index (Phi) is 7.20. The summed E-state index contributed by atoms with van der Waals surface area (Å²) in [4.78, 5) is 29.0. The molecule has 1 heterocycles. The van der Waals surface area contributed by atoms with Crippen molar-refractivity contribution in [1.29, 1.82) is 0 Å². The van der Waals surface area contributed by atoms with Crippen LogP contribution in [0.2, 0.25) is 5.02 Å². The number of allylic oxidation sites excluding steroid dienone is 4. The molecule has 36 heavy (non-hydrogen) atoms. The van der Waals surface area contributed by atoms with Crippen LogP contribution in [0.15, 0.2) is 65.0 Å². The molecule has 0 aromatic heterocycles. The predicted octanol–water partition coefficient (Wildman–Crippen LogP) is 6.75. The number of carbonyl (C=O) groups is 2. The summed E-state index contributed by atoms with van der Waals surface area (Å²) in [6, 6.07) is 13.4. The molecule has 2 aromatic rings. The summed E-state index contributed by atoms with van der Waals surface area (Å²) in [7, 11) is 1.61. The lowest BCUT2D eigenvalue weighted by Crippen LogP contribution is -2.39. The van der Waals surface area contributed by atoms with Gasteiger partial charge < -0.3 is 14.4 Å². The lowest BCUT2D eigenvalue weighted by molar-refractivity contribution is -0.117. The fourth-order valence-corrected chi connectivity index (χ4v) is 6.03. The Balaban J connectivity index is 1.55. The Morgan fingerprint density at radius 1 is 0.917 bits per heavy atom. The van der Waals surface area contributed by atoms with E-state index in [1.165, 1.54) is 0 Å². The van der Waals surface area contributed by atoms with Crippen LogP contribution in [0.5, 0.6) is 11.5 Å². The SMILES string of the molecule is CCCN1C2=C(C(=O)CCC2)C(c2ccc(OCc3cccc(Cl)c3)c(OC)c2)C2=C1CCCC2=O. The molecule has 0 saturated heterocycles. The van der Waals surface area contributed by atoms with E-state index in [1.54, 1.807) is 7.11 Å². The molecule has 0 N–H and O–H groups in total. The molecule has 0 spiro atoms. The topological polar surface area (TPSA) is 55.8 Å². The maximum absolute atomic E-state index is 13.4.